The van der Waals surface area contributed by atoms with Gasteiger partial charge in [-0.15, -0.1) is 0 Å². The topological polar surface area (TPSA) is 84.5 Å². The maximum Gasteiger partial charge on any atom is 0.325 e. The van der Waals surface area contributed by atoms with E-state index in [1.807, 2.05) is 18.2 Å². The number of aryl methyl sites for hydroxylation is 1. The molecule has 0 saturated carbocycles. The van der Waals surface area contributed by atoms with Crippen molar-refractivity contribution in [2.45, 2.75) is 25.3 Å². The van der Waals surface area contributed by atoms with Crippen LogP contribution in [0.4, 0.5) is 0 Å². The summed E-state index contributed by atoms with van der Waals surface area (Å²) in [6.45, 7) is -0.765. The second-order valence-electron chi connectivity index (χ2n) is 6.68. The van der Waals surface area contributed by atoms with Gasteiger partial charge in [0.2, 0.25) is 0 Å². The van der Waals surface area contributed by atoms with E-state index < -0.39 is 18.5 Å². The Bertz CT molecular complexity index is 933. The van der Waals surface area contributed by atoms with E-state index in [1.54, 1.807) is 0 Å². The highest BCUT2D eigenvalue weighted by molar-refractivity contribution is 6.42. The fourth-order valence-corrected chi connectivity index (χ4v) is 3.53. The summed E-state index contributed by atoms with van der Waals surface area (Å²) in [6, 6.07) is 12.3. The largest absolute Gasteiger partial charge is 0.454 e. The molecule has 2 aromatic rings. The molecule has 152 valence electrons. The molecule has 8 heteroatoms. The Balaban J connectivity index is 1.43. The summed E-state index contributed by atoms with van der Waals surface area (Å²) < 4.78 is 4.95. The van der Waals surface area contributed by atoms with Crippen molar-refractivity contribution in [1.82, 2.24) is 10.6 Å². The van der Waals surface area contributed by atoms with Crippen LogP contribution in [0.3, 0.4) is 0 Å². The molecule has 1 atom stereocenters. The van der Waals surface area contributed by atoms with Crippen LogP contribution in [0.2, 0.25) is 10.0 Å². The van der Waals surface area contributed by atoms with Gasteiger partial charge in [-0.2, -0.15) is 0 Å². The number of nitrogens with one attached hydrogen (secondary N) is 2. The summed E-state index contributed by atoms with van der Waals surface area (Å²) in [7, 11) is 0. The smallest absolute Gasteiger partial charge is 0.325 e. The molecule has 2 amide bonds. The lowest BCUT2D eigenvalue weighted by atomic mass is 9.88. The van der Waals surface area contributed by atoms with Crippen LogP contribution in [0.1, 0.15) is 40.4 Å². The lowest BCUT2D eigenvalue weighted by Crippen LogP contribution is -2.36. The predicted octanol–water partition coefficient (Wildman–Crippen LogP) is 3.46. The minimum atomic E-state index is -0.711. The zero-order valence-corrected chi connectivity index (χ0v) is 17.1. The Kier molecular flexibility index (Phi) is 7.12. The zero-order chi connectivity index (χ0) is 20.8. The third-order valence-electron chi connectivity index (χ3n) is 4.64. The van der Waals surface area contributed by atoms with Gasteiger partial charge in [0.15, 0.2) is 6.61 Å². The number of benzene rings is 2. The summed E-state index contributed by atoms with van der Waals surface area (Å²) in [5, 5.41) is 5.89. The minimum Gasteiger partial charge on any atom is -0.454 e. The van der Waals surface area contributed by atoms with Crippen molar-refractivity contribution in [2.24, 2.45) is 0 Å². The molecule has 0 saturated heterocycles. The van der Waals surface area contributed by atoms with Crippen molar-refractivity contribution in [3.05, 3.63) is 69.2 Å². The van der Waals surface area contributed by atoms with Crippen LogP contribution >= 0.6 is 23.2 Å². The monoisotopic (exact) mass is 434 g/mol. The number of hydrogen-bond acceptors (Lipinski definition) is 4. The highest BCUT2D eigenvalue weighted by Crippen LogP contribution is 2.29. The molecule has 0 unspecified atom stereocenters. The summed E-state index contributed by atoms with van der Waals surface area (Å²) in [5.41, 5.74) is 2.60. The van der Waals surface area contributed by atoms with E-state index in [-0.39, 0.29) is 29.1 Å². The van der Waals surface area contributed by atoms with Crippen molar-refractivity contribution in [2.75, 3.05) is 13.2 Å². The SMILES string of the molecule is O=C(COC(=O)CNC(=O)c1ccc(Cl)c(Cl)c1)N[C@H]1CCCc2ccccc21. The van der Waals surface area contributed by atoms with Crippen LogP contribution in [0.5, 0.6) is 0 Å². The van der Waals surface area contributed by atoms with Gasteiger partial charge >= 0.3 is 5.97 Å². The van der Waals surface area contributed by atoms with E-state index in [2.05, 4.69) is 16.7 Å². The Morgan fingerprint density at radius 2 is 1.86 bits per heavy atom. The van der Waals surface area contributed by atoms with Gasteiger partial charge < -0.3 is 15.4 Å². The molecule has 1 aliphatic carbocycles. The van der Waals surface area contributed by atoms with Gasteiger partial charge in [0.05, 0.1) is 16.1 Å². The van der Waals surface area contributed by atoms with Crippen molar-refractivity contribution in [1.29, 1.82) is 0 Å². The average molecular weight is 435 g/mol. The average Bonchev–Trinajstić information content (AvgIpc) is 2.72. The molecule has 0 aliphatic heterocycles. The van der Waals surface area contributed by atoms with Gasteiger partial charge in [0.1, 0.15) is 6.54 Å². The quantitative estimate of drug-likeness (QED) is 0.681. The molecule has 2 N–H and O–H groups in total. The summed E-state index contributed by atoms with van der Waals surface area (Å²) in [6.07, 6.45) is 2.83. The summed E-state index contributed by atoms with van der Waals surface area (Å²) in [5.74, 6) is -1.59. The van der Waals surface area contributed by atoms with Crippen molar-refractivity contribution >= 4 is 41.0 Å². The van der Waals surface area contributed by atoms with Crippen LogP contribution in [0.15, 0.2) is 42.5 Å². The summed E-state index contributed by atoms with van der Waals surface area (Å²) >= 11 is 11.7. The molecule has 0 aromatic heterocycles. The molecular formula is C21H20Cl2N2O4. The summed E-state index contributed by atoms with van der Waals surface area (Å²) in [4.78, 5) is 36.0. The first-order chi connectivity index (χ1) is 13.9. The van der Waals surface area contributed by atoms with Crippen LogP contribution in [0, 0.1) is 0 Å². The van der Waals surface area contributed by atoms with Gasteiger partial charge in [0, 0.05) is 5.56 Å². The fourth-order valence-electron chi connectivity index (χ4n) is 3.23. The molecule has 0 spiro atoms. The Morgan fingerprint density at radius 1 is 1.07 bits per heavy atom. The van der Waals surface area contributed by atoms with Gasteiger partial charge in [-0.25, -0.2) is 0 Å². The normalized spacial score (nSPS) is 15.2. The van der Waals surface area contributed by atoms with E-state index in [0.717, 1.165) is 24.8 Å². The van der Waals surface area contributed by atoms with Crippen LogP contribution in [0.25, 0.3) is 0 Å². The van der Waals surface area contributed by atoms with E-state index in [9.17, 15) is 14.4 Å². The highest BCUT2D eigenvalue weighted by Gasteiger charge is 2.21. The van der Waals surface area contributed by atoms with Gasteiger partial charge in [-0.05, 0) is 48.6 Å². The number of carbonyl (C=O) groups excluding carboxylic acids is 3. The molecule has 0 heterocycles. The van der Waals surface area contributed by atoms with Crippen LogP contribution in [-0.4, -0.2) is 30.9 Å². The van der Waals surface area contributed by atoms with Crippen molar-refractivity contribution in [3.63, 3.8) is 0 Å². The van der Waals surface area contributed by atoms with E-state index >= 15 is 0 Å². The molecule has 1 aliphatic rings. The predicted molar refractivity (Wildman–Crippen MR) is 110 cm³/mol. The third kappa shape index (κ3) is 5.71. The Hall–Kier alpha value is -2.57. The maximum absolute atomic E-state index is 12.2. The van der Waals surface area contributed by atoms with Gasteiger partial charge in [-0.3, -0.25) is 14.4 Å². The van der Waals surface area contributed by atoms with Crippen molar-refractivity contribution in [3.8, 4) is 0 Å². The second-order valence-corrected chi connectivity index (χ2v) is 7.50. The molecular weight excluding hydrogens is 415 g/mol. The minimum absolute atomic E-state index is 0.0829. The number of carbonyl (C=O) groups is 3. The lowest BCUT2D eigenvalue weighted by Gasteiger charge is -2.26. The number of ether oxygens (including phenoxy) is 1. The first-order valence-corrected chi connectivity index (χ1v) is 9.95. The number of halogens is 2. The molecule has 0 bridgehead atoms. The molecule has 0 fully saturated rings. The third-order valence-corrected chi connectivity index (χ3v) is 5.38. The number of hydrogen-bond donors (Lipinski definition) is 2. The highest BCUT2D eigenvalue weighted by atomic mass is 35.5. The number of esters is 1. The fraction of sp³-hybridized carbons (Fsp3) is 0.286. The molecule has 3 rings (SSSR count). The number of amides is 2. The number of fused-ring (bicyclic) bond motifs is 1. The molecule has 2 aromatic carbocycles. The second kappa shape index (κ2) is 9.76. The van der Waals surface area contributed by atoms with Gasteiger partial charge in [-0.1, -0.05) is 47.5 Å². The van der Waals surface area contributed by atoms with Gasteiger partial charge in [0.25, 0.3) is 11.8 Å². The molecule has 6 nitrogen and oxygen atoms in total. The first-order valence-electron chi connectivity index (χ1n) is 9.20. The zero-order valence-electron chi connectivity index (χ0n) is 15.5. The Labute approximate surface area is 178 Å². The first kappa shape index (κ1) is 21.1. The van der Waals surface area contributed by atoms with Crippen molar-refractivity contribution < 1.29 is 19.1 Å². The molecule has 29 heavy (non-hydrogen) atoms. The maximum atomic E-state index is 12.2. The van der Waals surface area contributed by atoms with Crippen LogP contribution < -0.4 is 10.6 Å². The van der Waals surface area contributed by atoms with E-state index in [4.69, 9.17) is 27.9 Å². The lowest BCUT2D eigenvalue weighted by molar-refractivity contribution is -0.147. The number of rotatable bonds is 6. The van der Waals surface area contributed by atoms with E-state index in [1.165, 1.54) is 23.8 Å². The molecule has 0 radical (unpaired) electrons. The van der Waals surface area contributed by atoms with Crippen LogP contribution in [-0.2, 0) is 20.7 Å². The Morgan fingerprint density at radius 3 is 2.66 bits per heavy atom. The standard InChI is InChI=1S/C21H20Cl2N2O4/c22-16-9-8-14(10-17(16)23)21(28)24-11-20(27)29-12-19(26)25-18-7-3-5-13-4-1-2-6-15(13)18/h1-2,4,6,8-10,18H,3,5,7,11-12H2,(H,24,28)(H,25,26)/t18-/m0/s1. The van der Waals surface area contributed by atoms with E-state index in [0.29, 0.717) is 5.02 Å².